The number of hydrogen-bond donors (Lipinski definition) is 2. The van der Waals surface area contributed by atoms with Crippen molar-refractivity contribution in [1.82, 2.24) is 0 Å². The van der Waals surface area contributed by atoms with Gasteiger partial charge in [-0.25, -0.2) is 0 Å². The van der Waals surface area contributed by atoms with Crippen molar-refractivity contribution in [2.24, 2.45) is 23.7 Å². The maximum absolute atomic E-state index is 9.84. The zero-order valence-corrected chi connectivity index (χ0v) is 11.5. The first-order chi connectivity index (χ1) is 7.27. The van der Waals surface area contributed by atoms with Crippen LogP contribution in [-0.2, 0) is 0 Å². The lowest BCUT2D eigenvalue weighted by Crippen LogP contribution is -2.24. The number of aliphatic hydroxyl groups excluding tert-OH is 2. The fourth-order valence-corrected chi connectivity index (χ4v) is 1.79. The molecule has 0 aromatic carbocycles. The zero-order chi connectivity index (χ0) is 12.9. The zero-order valence-electron chi connectivity index (χ0n) is 11.5. The first-order valence-corrected chi connectivity index (χ1v) is 6.31. The van der Waals surface area contributed by atoms with Gasteiger partial charge in [-0.2, -0.15) is 0 Å². The Morgan fingerprint density at radius 1 is 0.625 bits per heavy atom. The molecule has 2 heteroatoms. The van der Waals surface area contributed by atoms with Crippen LogP contribution in [0, 0.1) is 23.7 Å². The molecular formula is C14H28O2. The van der Waals surface area contributed by atoms with Gasteiger partial charge in [-0.05, 0) is 11.8 Å². The van der Waals surface area contributed by atoms with E-state index >= 15 is 0 Å². The molecule has 96 valence electrons. The molecule has 0 spiro atoms. The minimum absolute atomic E-state index is 0.141. The van der Waals surface area contributed by atoms with Crippen molar-refractivity contribution in [3.63, 3.8) is 0 Å². The van der Waals surface area contributed by atoms with Crippen LogP contribution in [0.25, 0.3) is 0 Å². The summed E-state index contributed by atoms with van der Waals surface area (Å²) in [5, 5.41) is 19.7. The minimum atomic E-state index is -0.306. The molecule has 2 N–H and O–H groups in total. The maximum atomic E-state index is 9.84. The molecule has 0 aromatic rings. The van der Waals surface area contributed by atoms with Gasteiger partial charge < -0.3 is 10.2 Å². The Morgan fingerprint density at radius 2 is 0.875 bits per heavy atom. The second-order valence-electron chi connectivity index (χ2n) is 5.57. The van der Waals surface area contributed by atoms with Gasteiger partial charge in [0.25, 0.3) is 0 Å². The van der Waals surface area contributed by atoms with Crippen LogP contribution in [0.2, 0.25) is 0 Å². The van der Waals surface area contributed by atoms with Gasteiger partial charge in [0, 0.05) is 11.8 Å². The highest BCUT2D eigenvalue weighted by atomic mass is 16.3. The summed E-state index contributed by atoms with van der Waals surface area (Å²) in [7, 11) is 0. The first-order valence-electron chi connectivity index (χ1n) is 6.31. The summed E-state index contributed by atoms with van der Waals surface area (Å²) in [4.78, 5) is 0. The highest BCUT2D eigenvalue weighted by Gasteiger charge is 2.18. The van der Waals surface area contributed by atoms with Crippen molar-refractivity contribution in [2.75, 3.05) is 0 Å². The predicted octanol–water partition coefficient (Wildman–Crippen LogP) is 2.85. The van der Waals surface area contributed by atoms with Gasteiger partial charge in [-0.3, -0.25) is 0 Å². The summed E-state index contributed by atoms with van der Waals surface area (Å²) in [6, 6.07) is 0. The molecule has 0 saturated carbocycles. The highest BCUT2D eigenvalue weighted by molar-refractivity contribution is 4.95. The number of hydrogen-bond acceptors (Lipinski definition) is 2. The molecule has 2 nitrogen and oxygen atoms in total. The maximum Gasteiger partial charge on any atom is 0.0622 e. The van der Waals surface area contributed by atoms with Crippen LogP contribution in [0.3, 0.4) is 0 Å². The third-order valence-electron chi connectivity index (χ3n) is 3.16. The second-order valence-corrected chi connectivity index (χ2v) is 5.57. The lowest BCUT2D eigenvalue weighted by Gasteiger charge is -2.22. The van der Waals surface area contributed by atoms with E-state index in [2.05, 4.69) is 0 Å². The van der Waals surface area contributed by atoms with Crippen molar-refractivity contribution in [3.8, 4) is 0 Å². The molecule has 0 aliphatic rings. The number of aliphatic hydroxyl groups is 2. The minimum Gasteiger partial charge on any atom is -0.392 e. The molecule has 0 rings (SSSR count). The summed E-state index contributed by atoms with van der Waals surface area (Å²) in [6.07, 6.45) is 3.42. The number of rotatable bonds is 6. The topological polar surface area (TPSA) is 40.5 Å². The van der Waals surface area contributed by atoms with E-state index in [1.165, 1.54) is 0 Å². The molecule has 0 radical (unpaired) electrons. The van der Waals surface area contributed by atoms with Gasteiger partial charge >= 0.3 is 0 Å². The first kappa shape index (κ1) is 15.7. The van der Waals surface area contributed by atoms with E-state index in [0.717, 1.165) is 0 Å². The lowest BCUT2D eigenvalue weighted by atomic mass is 9.90. The predicted molar refractivity (Wildman–Crippen MR) is 69.2 cm³/mol. The van der Waals surface area contributed by atoms with Crippen molar-refractivity contribution in [3.05, 3.63) is 12.2 Å². The molecule has 4 unspecified atom stereocenters. The van der Waals surface area contributed by atoms with E-state index in [0.29, 0.717) is 0 Å². The van der Waals surface area contributed by atoms with Gasteiger partial charge in [0.2, 0.25) is 0 Å². The van der Waals surface area contributed by atoms with E-state index in [4.69, 9.17) is 0 Å². The molecule has 0 fully saturated rings. The average Bonchev–Trinajstić information content (AvgIpc) is 2.22. The van der Waals surface area contributed by atoms with Crippen LogP contribution in [-0.4, -0.2) is 22.4 Å². The van der Waals surface area contributed by atoms with Crippen LogP contribution in [0.15, 0.2) is 12.2 Å². The summed E-state index contributed by atoms with van der Waals surface area (Å²) >= 11 is 0. The molecule has 0 aromatic heterocycles. The van der Waals surface area contributed by atoms with Crippen LogP contribution >= 0.6 is 0 Å². The van der Waals surface area contributed by atoms with E-state index in [1.54, 1.807) is 0 Å². The SMILES string of the molecule is CC(C)C(O)C(C)C=CC(C)C(O)C(C)C. The molecule has 0 aliphatic heterocycles. The van der Waals surface area contributed by atoms with Gasteiger partial charge in [0.05, 0.1) is 12.2 Å². The Labute approximate surface area is 100 Å². The molecular weight excluding hydrogens is 200 g/mol. The van der Waals surface area contributed by atoms with Gasteiger partial charge in [-0.1, -0.05) is 53.7 Å². The Bertz CT molecular complexity index is 187. The molecule has 0 heterocycles. The fourth-order valence-electron chi connectivity index (χ4n) is 1.79. The summed E-state index contributed by atoms with van der Waals surface area (Å²) in [5.74, 6) is 0.818. The summed E-state index contributed by atoms with van der Waals surface area (Å²) in [5.41, 5.74) is 0. The van der Waals surface area contributed by atoms with Gasteiger partial charge in [0.1, 0.15) is 0 Å². The Kier molecular flexibility index (Phi) is 6.93. The summed E-state index contributed by atoms with van der Waals surface area (Å²) < 4.78 is 0. The standard InChI is InChI=1S/C14H28O2/c1-9(2)13(15)11(5)7-8-12(6)14(16)10(3)4/h7-16H,1-6H3. The Morgan fingerprint density at radius 3 is 1.06 bits per heavy atom. The molecule has 16 heavy (non-hydrogen) atoms. The summed E-state index contributed by atoms with van der Waals surface area (Å²) in [6.45, 7) is 12.1. The molecule has 0 bridgehead atoms. The van der Waals surface area contributed by atoms with Crippen molar-refractivity contribution in [1.29, 1.82) is 0 Å². The van der Waals surface area contributed by atoms with Crippen molar-refractivity contribution in [2.45, 2.75) is 53.8 Å². The molecule has 0 saturated heterocycles. The second kappa shape index (κ2) is 7.08. The van der Waals surface area contributed by atoms with E-state index < -0.39 is 0 Å². The quantitative estimate of drug-likeness (QED) is 0.686. The Hall–Kier alpha value is -0.340. The third-order valence-corrected chi connectivity index (χ3v) is 3.16. The average molecular weight is 228 g/mol. The van der Waals surface area contributed by atoms with Gasteiger partial charge in [0.15, 0.2) is 0 Å². The Balaban J connectivity index is 4.27. The van der Waals surface area contributed by atoms with Crippen molar-refractivity contribution < 1.29 is 10.2 Å². The van der Waals surface area contributed by atoms with Crippen molar-refractivity contribution >= 4 is 0 Å². The van der Waals surface area contributed by atoms with Crippen LogP contribution in [0.4, 0.5) is 0 Å². The molecule has 0 amide bonds. The smallest absolute Gasteiger partial charge is 0.0622 e. The molecule has 4 atom stereocenters. The largest absolute Gasteiger partial charge is 0.392 e. The highest BCUT2D eigenvalue weighted by Crippen LogP contribution is 2.17. The lowest BCUT2D eigenvalue weighted by molar-refractivity contribution is 0.0849. The van der Waals surface area contributed by atoms with Crippen LogP contribution in [0.5, 0.6) is 0 Å². The molecule has 0 aliphatic carbocycles. The van der Waals surface area contributed by atoms with E-state index in [1.807, 2.05) is 53.7 Å². The monoisotopic (exact) mass is 228 g/mol. The third kappa shape index (κ3) is 5.13. The van der Waals surface area contributed by atoms with E-state index in [-0.39, 0.29) is 35.9 Å². The normalized spacial score (nSPS) is 20.4. The fraction of sp³-hybridized carbons (Fsp3) is 0.857. The van der Waals surface area contributed by atoms with Crippen LogP contribution < -0.4 is 0 Å². The van der Waals surface area contributed by atoms with Gasteiger partial charge in [-0.15, -0.1) is 0 Å². The van der Waals surface area contributed by atoms with E-state index in [9.17, 15) is 10.2 Å². The van der Waals surface area contributed by atoms with Crippen LogP contribution in [0.1, 0.15) is 41.5 Å².